The zero-order valence-corrected chi connectivity index (χ0v) is 7.17. The van der Waals surface area contributed by atoms with E-state index in [9.17, 15) is 8.78 Å². The lowest BCUT2D eigenvalue weighted by Gasteiger charge is -2.02. The summed E-state index contributed by atoms with van der Waals surface area (Å²) in [5, 5.41) is 0. The fraction of sp³-hybridized carbons (Fsp3) is 1.00. The molecule has 2 heteroatoms. The Morgan fingerprint density at radius 1 is 1.30 bits per heavy atom. The molecule has 0 aliphatic heterocycles. The van der Waals surface area contributed by atoms with Crippen LogP contribution in [-0.2, 0) is 0 Å². The Kier molecular flexibility index (Phi) is 2.81. The molecule has 1 unspecified atom stereocenters. The van der Waals surface area contributed by atoms with E-state index in [1.54, 1.807) is 13.8 Å². The van der Waals surface area contributed by atoms with Crippen LogP contribution in [0.2, 0.25) is 0 Å². The predicted octanol–water partition coefficient (Wildman–Crippen LogP) is 3.47. The Morgan fingerprint density at radius 2 is 1.60 bits per heavy atom. The van der Waals surface area contributed by atoms with Gasteiger partial charge in [-0.2, -0.15) is 0 Å². The van der Waals surface area contributed by atoms with Crippen LogP contribution in [0.15, 0.2) is 0 Å². The van der Waals surface area contributed by atoms with Crippen molar-refractivity contribution in [3.05, 3.63) is 0 Å². The lowest BCUT2D eigenvalue weighted by molar-refractivity contribution is 0.0687. The highest BCUT2D eigenvalue weighted by atomic mass is 19.3. The maximum Gasteiger partial charge on any atom is 0.254 e. The van der Waals surface area contributed by atoms with Crippen molar-refractivity contribution in [1.29, 1.82) is 0 Å². The summed E-state index contributed by atoms with van der Waals surface area (Å²) in [5.74, 6) is -2.35. The van der Waals surface area contributed by atoms with Crippen LogP contribution in [0.5, 0.6) is 0 Å². The van der Waals surface area contributed by atoms with E-state index in [-0.39, 0.29) is 6.42 Å². The van der Waals surface area contributed by atoms with Crippen LogP contribution < -0.4 is 0 Å². The fourth-order valence-electron chi connectivity index (χ4n) is 0.829. The van der Waals surface area contributed by atoms with Gasteiger partial charge in [0.1, 0.15) is 0 Å². The Balaban J connectivity index is 0.000000371. The molecule has 1 aliphatic rings. The molecule has 0 amide bonds. The van der Waals surface area contributed by atoms with Crippen molar-refractivity contribution in [3.63, 3.8) is 0 Å². The molecule has 1 rings (SSSR count). The lowest BCUT2D eigenvalue weighted by Crippen LogP contribution is -2.03. The van der Waals surface area contributed by atoms with E-state index in [1.807, 2.05) is 13.8 Å². The third-order valence-electron chi connectivity index (χ3n) is 2.15. The highest BCUT2D eigenvalue weighted by Crippen LogP contribution is 2.62. The summed E-state index contributed by atoms with van der Waals surface area (Å²) < 4.78 is 24.4. The Labute approximate surface area is 61.6 Å². The zero-order valence-electron chi connectivity index (χ0n) is 7.17. The summed E-state index contributed by atoms with van der Waals surface area (Å²) in [4.78, 5) is 0. The molecule has 0 heterocycles. The summed E-state index contributed by atoms with van der Waals surface area (Å²) in [5.41, 5.74) is -0.646. The summed E-state index contributed by atoms with van der Waals surface area (Å²) in [6, 6.07) is 0. The van der Waals surface area contributed by atoms with E-state index >= 15 is 0 Å². The molecule has 0 spiro atoms. The average molecular weight is 150 g/mol. The van der Waals surface area contributed by atoms with Gasteiger partial charge in [-0.15, -0.1) is 0 Å². The Bertz CT molecular complexity index is 110. The Morgan fingerprint density at radius 3 is 1.60 bits per heavy atom. The second-order valence-electron chi connectivity index (χ2n) is 2.80. The normalized spacial score (nSPS) is 34.2. The van der Waals surface area contributed by atoms with Crippen LogP contribution in [0.1, 0.15) is 40.5 Å². The monoisotopic (exact) mass is 150 g/mol. The number of alkyl halides is 2. The largest absolute Gasteiger partial charge is 0.254 e. The number of hydrogen-bond donors (Lipinski definition) is 0. The molecule has 62 valence electrons. The van der Waals surface area contributed by atoms with Crippen molar-refractivity contribution in [2.45, 2.75) is 46.5 Å². The molecule has 1 saturated carbocycles. The summed E-state index contributed by atoms with van der Waals surface area (Å²) in [7, 11) is 0. The molecule has 0 nitrogen and oxygen atoms in total. The lowest BCUT2D eigenvalue weighted by atomic mass is 10.1. The summed E-state index contributed by atoms with van der Waals surface area (Å²) in [6.07, 6.45) is 0.691. The van der Waals surface area contributed by atoms with E-state index in [4.69, 9.17) is 0 Å². The van der Waals surface area contributed by atoms with Crippen LogP contribution in [0, 0.1) is 5.41 Å². The minimum absolute atomic E-state index is 0.0938. The maximum absolute atomic E-state index is 12.2. The highest BCUT2D eigenvalue weighted by Gasteiger charge is 2.66. The number of halogens is 2. The van der Waals surface area contributed by atoms with Gasteiger partial charge in [-0.3, -0.25) is 0 Å². The quantitative estimate of drug-likeness (QED) is 0.537. The molecule has 0 aromatic rings. The topological polar surface area (TPSA) is 0 Å². The molecule has 0 saturated heterocycles. The van der Waals surface area contributed by atoms with Gasteiger partial charge in [0.15, 0.2) is 0 Å². The second-order valence-corrected chi connectivity index (χ2v) is 2.80. The minimum Gasteiger partial charge on any atom is -0.206 e. The third-order valence-corrected chi connectivity index (χ3v) is 2.15. The maximum atomic E-state index is 12.2. The SMILES string of the molecule is CC.CCC1(C)CC1(F)F. The van der Waals surface area contributed by atoms with Crippen molar-refractivity contribution < 1.29 is 8.78 Å². The minimum atomic E-state index is -2.35. The van der Waals surface area contributed by atoms with Crippen LogP contribution in [0.4, 0.5) is 8.78 Å². The van der Waals surface area contributed by atoms with Crippen LogP contribution in [0.3, 0.4) is 0 Å². The van der Waals surface area contributed by atoms with E-state index in [2.05, 4.69) is 0 Å². The second kappa shape index (κ2) is 2.85. The van der Waals surface area contributed by atoms with E-state index in [0.717, 1.165) is 0 Å². The molecule has 10 heavy (non-hydrogen) atoms. The first kappa shape index (κ1) is 9.86. The number of rotatable bonds is 1. The van der Waals surface area contributed by atoms with Gasteiger partial charge in [-0.05, 0) is 6.42 Å². The van der Waals surface area contributed by atoms with Crippen LogP contribution in [-0.4, -0.2) is 5.92 Å². The fourth-order valence-corrected chi connectivity index (χ4v) is 0.829. The summed E-state index contributed by atoms with van der Waals surface area (Å²) >= 11 is 0. The van der Waals surface area contributed by atoms with Crippen molar-refractivity contribution >= 4 is 0 Å². The van der Waals surface area contributed by atoms with Gasteiger partial charge in [-0.25, -0.2) is 8.78 Å². The van der Waals surface area contributed by atoms with E-state index in [1.165, 1.54) is 0 Å². The van der Waals surface area contributed by atoms with Crippen molar-refractivity contribution in [2.24, 2.45) is 5.41 Å². The van der Waals surface area contributed by atoms with Crippen molar-refractivity contribution in [3.8, 4) is 0 Å². The first-order valence-corrected chi connectivity index (χ1v) is 3.90. The molecule has 0 bridgehead atoms. The summed E-state index contributed by atoms with van der Waals surface area (Å²) in [6.45, 7) is 7.44. The van der Waals surface area contributed by atoms with Gasteiger partial charge in [0.25, 0.3) is 5.92 Å². The molecule has 1 fully saturated rings. The van der Waals surface area contributed by atoms with Gasteiger partial charge in [-0.1, -0.05) is 27.7 Å². The first-order chi connectivity index (χ1) is 4.52. The molecule has 1 aliphatic carbocycles. The smallest absolute Gasteiger partial charge is 0.206 e. The highest BCUT2D eigenvalue weighted by molar-refractivity contribution is 5.05. The standard InChI is InChI=1S/C6H10F2.C2H6/c1-3-5(2)4-6(5,7)8;1-2/h3-4H2,1-2H3;1-2H3. The molecule has 0 aromatic heterocycles. The zero-order chi connectivity index (χ0) is 8.41. The van der Waals surface area contributed by atoms with Gasteiger partial charge in [0, 0.05) is 11.8 Å². The predicted molar refractivity (Wildman–Crippen MR) is 39.3 cm³/mol. The van der Waals surface area contributed by atoms with E-state index < -0.39 is 11.3 Å². The van der Waals surface area contributed by atoms with Gasteiger partial charge in [0.05, 0.1) is 0 Å². The molecular weight excluding hydrogens is 134 g/mol. The average Bonchev–Trinajstić information content (AvgIpc) is 2.39. The third kappa shape index (κ3) is 1.47. The molecule has 0 radical (unpaired) electrons. The van der Waals surface area contributed by atoms with E-state index in [0.29, 0.717) is 6.42 Å². The van der Waals surface area contributed by atoms with Gasteiger partial charge in [0.2, 0.25) is 0 Å². The van der Waals surface area contributed by atoms with Gasteiger partial charge >= 0.3 is 0 Å². The number of hydrogen-bond acceptors (Lipinski definition) is 0. The van der Waals surface area contributed by atoms with Crippen LogP contribution >= 0.6 is 0 Å². The molecule has 0 N–H and O–H groups in total. The molecule has 0 aromatic carbocycles. The first-order valence-electron chi connectivity index (χ1n) is 3.90. The van der Waals surface area contributed by atoms with Crippen LogP contribution in [0.25, 0.3) is 0 Å². The van der Waals surface area contributed by atoms with Crippen molar-refractivity contribution in [1.82, 2.24) is 0 Å². The van der Waals surface area contributed by atoms with Crippen molar-refractivity contribution in [2.75, 3.05) is 0 Å². The van der Waals surface area contributed by atoms with Gasteiger partial charge < -0.3 is 0 Å². The molecule has 1 atom stereocenters. The molecular formula is C8H16F2. The Hall–Kier alpha value is -0.140.